The Balaban J connectivity index is 1.22. The van der Waals surface area contributed by atoms with Crippen LogP contribution in [0.4, 0.5) is 17.1 Å². The average molecular weight is 692 g/mol. The quantitative estimate of drug-likeness (QED) is 0.167. The highest BCUT2D eigenvalue weighted by atomic mass is 16.3. The van der Waals surface area contributed by atoms with Gasteiger partial charge < -0.3 is 9.32 Å². The van der Waals surface area contributed by atoms with Gasteiger partial charge in [-0.25, -0.2) is 9.97 Å². The molecule has 8 aromatic carbocycles. The molecule has 0 amide bonds. The van der Waals surface area contributed by atoms with Gasteiger partial charge in [0, 0.05) is 33.3 Å². The molecule has 0 saturated carbocycles. The minimum Gasteiger partial charge on any atom is -0.456 e. The van der Waals surface area contributed by atoms with Crippen molar-refractivity contribution in [1.29, 1.82) is 0 Å². The first-order valence-electron chi connectivity index (χ1n) is 18.2. The number of furan rings is 1. The number of aromatic nitrogens is 2. The van der Waals surface area contributed by atoms with Gasteiger partial charge in [0.15, 0.2) is 5.82 Å². The second kappa shape index (κ2) is 13.4. The molecule has 10 aromatic rings. The summed E-state index contributed by atoms with van der Waals surface area (Å²) in [5.74, 6) is 0.634. The third-order valence-electron chi connectivity index (χ3n) is 10.1. The Morgan fingerprint density at radius 3 is 1.48 bits per heavy atom. The van der Waals surface area contributed by atoms with Crippen LogP contribution in [0.1, 0.15) is 0 Å². The Morgan fingerprint density at radius 1 is 0.370 bits per heavy atom. The summed E-state index contributed by atoms with van der Waals surface area (Å²) in [4.78, 5) is 12.8. The number of hydrogen-bond donors (Lipinski definition) is 0. The van der Waals surface area contributed by atoms with Crippen molar-refractivity contribution in [3.8, 4) is 44.9 Å². The highest BCUT2D eigenvalue weighted by Gasteiger charge is 2.23. The third-order valence-corrected chi connectivity index (χ3v) is 10.1. The van der Waals surface area contributed by atoms with Crippen LogP contribution in [-0.2, 0) is 0 Å². The first kappa shape index (κ1) is 31.4. The zero-order chi connectivity index (χ0) is 35.8. The first-order chi connectivity index (χ1) is 26.8. The Hall–Kier alpha value is -7.30. The van der Waals surface area contributed by atoms with Crippen LogP contribution in [0, 0.1) is 0 Å². The number of hydrogen-bond acceptors (Lipinski definition) is 4. The lowest BCUT2D eigenvalue weighted by Crippen LogP contribution is -2.11. The van der Waals surface area contributed by atoms with Crippen LogP contribution in [0.5, 0.6) is 0 Å². The number of nitrogens with zero attached hydrogens (tertiary/aromatic N) is 3. The molecule has 0 spiro atoms. The van der Waals surface area contributed by atoms with Crippen LogP contribution >= 0.6 is 0 Å². The van der Waals surface area contributed by atoms with E-state index < -0.39 is 0 Å². The summed E-state index contributed by atoms with van der Waals surface area (Å²) in [6, 6.07) is 69.7. The van der Waals surface area contributed by atoms with Crippen LogP contribution in [-0.4, -0.2) is 9.97 Å². The van der Waals surface area contributed by atoms with Gasteiger partial charge in [0.1, 0.15) is 11.2 Å². The SMILES string of the molecule is c1ccc(-c2ccc(N(c3ccc(-c4ccccc4)cc3)c3cc(-c4nc(-c5ccccc5)c5ccccc5n4)cc4oc5ccccc5c34)cc2)cc1. The fraction of sp³-hybridized carbons (Fsp3) is 0. The van der Waals surface area contributed by atoms with Crippen LogP contribution in [0.15, 0.2) is 205 Å². The summed E-state index contributed by atoms with van der Waals surface area (Å²) >= 11 is 0. The summed E-state index contributed by atoms with van der Waals surface area (Å²) in [6.45, 7) is 0. The van der Waals surface area contributed by atoms with Crippen molar-refractivity contribution < 1.29 is 4.42 Å². The van der Waals surface area contributed by atoms with Crippen LogP contribution in [0.25, 0.3) is 77.7 Å². The van der Waals surface area contributed by atoms with Crippen molar-refractivity contribution >= 4 is 49.9 Å². The topological polar surface area (TPSA) is 42.2 Å². The monoisotopic (exact) mass is 691 g/mol. The molecule has 0 bridgehead atoms. The minimum absolute atomic E-state index is 0.634. The van der Waals surface area contributed by atoms with Crippen LogP contribution in [0.2, 0.25) is 0 Å². The van der Waals surface area contributed by atoms with Gasteiger partial charge >= 0.3 is 0 Å². The average Bonchev–Trinajstić information content (AvgIpc) is 3.64. The molecule has 0 radical (unpaired) electrons. The molecule has 4 nitrogen and oxygen atoms in total. The van der Waals surface area contributed by atoms with Gasteiger partial charge in [-0.1, -0.05) is 152 Å². The van der Waals surface area contributed by atoms with Crippen molar-refractivity contribution in [2.24, 2.45) is 0 Å². The molecule has 254 valence electrons. The van der Waals surface area contributed by atoms with Crippen molar-refractivity contribution in [3.05, 3.63) is 200 Å². The molecule has 0 aliphatic carbocycles. The molecule has 2 heterocycles. The molecule has 0 fully saturated rings. The highest BCUT2D eigenvalue weighted by molar-refractivity contribution is 6.14. The molecule has 0 aliphatic heterocycles. The van der Waals surface area contributed by atoms with Crippen molar-refractivity contribution in [1.82, 2.24) is 9.97 Å². The maximum absolute atomic E-state index is 6.65. The van der Waals surface area contributed by atoms with E-state index in [0.717, 1.165) is 77.9 Å². The Labute approximate surface area is 313 Å². The van der Waals surface area contributed by atoms with E-state index in [-0.39, 0.29) is 0 Å². The lowest BCUT2D eigenvalue weighted by Gasteiger charge is -2.27. The van der Waals surface area contributed by atoms with Crippen molar-refractivity contribution in [2.75, 3.05) is 4.90 Å². The van der Waals surface area contributed by atoms with Crippen molar-refractivity contribution in [2.45, 2.75) is 0 Å². The van der Waals surface area contributed by atoms with Crippen LogP contribution < -0.4 is 4.90 Å². The van der Waals surface area contributed by atoms with Crippen molar-refractivity contribution in [3.63, 3.8) is 0 Å². The summed E-state index contributed by atoms with van der Waals surface area (Å²) in [5.41, 5.74) is 13.0. The fourth-order valence-electron chi connectivity index (χ4n) is 7.45. The van der Waals surface area contributed by atoms with E-state index in [1.165, 1.54) is 11.1 Å². The fourth-order valence-corrected chi connectivity index (χ4v) is 7.45. The lowest BCUT2D eigenvalue weighted by atomic mass is 10.0. The van der Waals surface area contributed by atoms with Gasteiger partial charge in [-0.15, -0.1) is 0 Å². The van der Waals surface area contributed by atoms with E-state index in [4.69, 9.17) is 14.4 Å². The predicted octanol–water partition coefficient (Wildman–Crippen LogP) is 13.7. The van der Waals surface area contributed by atoms with Gasteiger partial charge in [0.05, 0.1) is 22.3 Å². The second-order valence-electron chi connectivity index (χ2n) is 13.4. The van der Waals surface area contributed by atoms with Gasteiger partial charge in [0.2, 0.25) is 0 Å². The Kier molecular flexibility index (Phi) is 7.77. The maximum Gasteiger partial charge on any atom is 0.160 e. The van der Waals surface area contributed by atoms with E-state index in [1.54, 1.807) is 0 Å². The van der Waals surface area contributed by atoms with E-state index in [1.807, 2.05) is 42.5 Å². The first-order valence-corrected chi connectivity index (χ1v) is 18.2. The summed E-state index contributed by atoms with van der Waals surface area (Å²) in [7, 11) is 0. The number of benzene rings is 8. The zero-order valence-electron chi connectivity index (χ0n) is 29.3. The van der Waals surface area contributed by atoms with Gasteiger partial charge in [-0.05, 0) is 70.8 Å². The van der Waals surface area contributed by atoms with Gasteiger partial charge in [-0.3, -0.25) is 0 Å². The molecule has 2 aromatic heterocycles. The molecule has 0 aliphatic rings. The number of rotatable bonds is 7. The van der Waals surface area contributed by atoms with E-state index in [2.05, 4.69) is 163 Å². The van der Waals surface area contributed by atoms with Gasteiger partial charge in [0.25, 0.3) is 0 Å². The summed E-state index contributed by atoms with van der Waals surface area (Å²) in [5, 5.41) is 3.08. The number of fused-ring (bicyclic) bond motifs is 4. The molecule has 54 heavy (non-hydrogen) atoms. The number of anilines is 3. The molecular weight excluding hydrogens is 659 g/mol. The Morgan fingerprint density at radius 2 is 0.870 bits per heavy atom. The third kappa shape index (κ3) is 5.67. The maximum atomic E-state index is 6.65. The lowest BCUT2D eigenvalue weighted by molar-refractivity contribution is 0.669. The zero-order valence-corrected chi connectivity index (χ0v) is 29.3. The van der Waals surface area contributed by atoms with Gasteiger partial charge in [-0.2, -0.15) is 0 Å². The summed E-state index contributed by atoms with van der Waals surface area (Å²) in [6.07, 6.45) is 0. The largest absolute Gasteiger partial charge is 0.456 e. The molecular formula is C50H33N3O. The van der Waals surface area contributed by atoms with E-state index >= 15 is 0 Å². The highest BCUT2D eigenvalue weighted by Crippen LogP contribution is 2.46. The minimum atomic E-state index is 0.634. The Bertz CT molecular complexity index is 2820. The molecule has 4 heteroatoms. The summed E-state index contributed by atoms with van der Waals surface area (Å²) < 4.78 is 6.65. The normalized spacial score (nSPS) is 11.3. The predicted molar refractivity (Wildman–Crippen MR) is 223 cm³/mol. The van der Waals surface area contributed by atoms with Crippen LogP contribution in [0.3, 0.4) is 0 Å². The molecule has 10 rings (SSSR count). The van der Waals surface area contributed by atoms with E-state index in [9.17, 15) is 0 Å². The molecule has 0 unspecified atom stereocenters. The van der Waals surface area contributed by atoms with E-state index in [0.29, 0.717) is 5.82 Å². The molecule has 0 N–H and O–H groups in total. The second-order valence-corrected chi connectivity index (χ2v) is 13.4. The number of para-hydroxylation sites is 2. The molecule has 0 saturated heterocycles. The smallest absolute Gasteiger partial charge is 0.160 e. The standard InChI is InChI=1S/C50H33N3O/c1-4-14-34(15-5-1)36-24-28-40(29-25-36)53(41-30-26-37(27-31-41)35-16-6-2-7-17-35)45-32-39(33-47-48(45)43-21-11-13-23-46(43)54-47)50-51-44-22-12-10-20-42(44)49(52-50)38-18-8-3-9-19-38/h1-33H. The molecule has 0 atom stereocenters.